The number of aromatic amines is 2. The van der Waals surface area contributed by atoms with Crippen LogP contribution in [0.4, 0.5) is 4.39 Å². The van der Waals surface area contributed by atoms with Gasteiger partial charge in [0.15, 0.2) is 11.6 Å². The molecule has 9 heteroatoms. The summed E-state index contributed by atoms with van der Waals surface area (Å²) in [5, 5.41) is 9.65. The predicted molar refractivity (Wildman–Crippen MR) is 151 cm³/mol. The Labute approximate surface area is 231 Å². The Kier molecular flexibility index (Phi) is 8.19. The van der Waals surface area contributed by atoms with Crippen LogP contribution >= 0.6 is 0 Å². The summed E-state index contributed by atoms with van der Waals surface area (Å²) in [5.41, 5.74) is 5.84. The molecule has 0 spiro atoms. The number of halogens is 1. The maximum absolute atomic E-state index is 14.0. The van der Waals surface area contributed by atoms with Gasteiger partial charge in [-0.15, -0.1) is 0 Å². The van der Waals surface area contributed by atoms with Gasteiger partial charge in [-0.25, -0.2) is 4.39 Å². The zero-order valence-electron chi connectivity index (χ0n) is 23.0. The lowest BCUT2D eigenvalue weighted by Crippen LogP contribution is -2.01. The Morgan fingerprint density at radius 1 is 0.750 bits per heavy atom. The van der Waals surface area contributed by atoms with Gasteiger partial charge < -0.3 is 28.5 Å². The Hall–Kier alpha value is -4.53. The topological polar surface area (TPSA) is 102 Å². The second-order valence-corrected chi connectivity index (χ2v) is 10.2. The summed E-state index contributed by atoms with van der Waals surface area (Å²) < 4.78 is 34.7. The minimum atomic E-state index is -0.379. The third-order valence-electron chi connectivity index (χ3n) is 6.54. The van der Waals surface area contributed by atoms with E-state index in [2.05, 4.69) is 60.1 Å². The van der Waals surface area contributed by atoms with Gasteiger partial charge in [0.05, 0.1) is 12.3 Å². The molecular formula is C31H33FN4O4. The maximum atomic E-state index is 14.0. The average molecular weight is 545 g/mol. The van der Waals surface area contributed by atoms with E-state index in [0.717, 1.165) is 40.0 Å². The first-order chi connectivity index (χ1) is 19.4. The molecule has 0 aliphatic rings. The van der Waals surface area contributed by atoms with Gasteiger partial charge in [-0.05, 0) is 47.6 Å². The van der Waals surface area contributed by atoms with E-state index in [9.17, 15) is 4.39 Å². The van der Waals surface area contributed by atoms with Crippen molar-refractivity contribution in [2.24, 2.45) is 0 Å². The highest BCUT2D eigenvalue weighted by molar-refractivity contribution is 5.82. The first-order valence-corrected chi connectivity index (χ1v) is 13.3. The monoisotopic (exact) mass is 544 g/mol. The molecule has 40 heavy (non-hydrogen) atoms. The number of aromatic nitrogens is 4. The van der Waals surface area contributed by atoms with Crippen LogP contribution in [0, 0.1) is 5.82 Å². The summed E-state index contributed by atoms with van der Waals surface area (Å²) in [4.78, 5) is 6.71. The number of hydrogen-bond acceptors (Lipinski definition) is 6. The highest BCUT2D eigenvalue weighted by Gasteiger charge is 2.11. The van der Waals surface area contributed by atoms with Crippen molar-refractivity contribution in [3.8, 4) is 11.5 Å². The number of ether oxygens (including phenoxy) is 2. The lowest BCUT2D eigenvalue weighted by Gasteiger charge is -2.05. The van der Waals surface area contributed by atoms with Crippen molar-refractivity contribution in [2.75, 3.05) is 6.61 Å². The van der Waals surface area contributed by atoms with E-state index in [4.69, 9.17) is 18.5 Å². The molecule has 0 radical (unpaired) electrons. The second kappa shape index (κ2) is 12.1. The van der Waals surface area contributed by atoms with Gasteiger partial charge in [-0.2, -0.15) is 0 Å². The maximum Gasteiger partial charge on any atom is 0.165 e. The van der Waals surface area contributed by atoms with Crippen LogP contribution in [0.5, 0.6) is 11.5 Å². The van der Waals surface area contributed by atoms with Crippen LogP contribution in [0.2, 0.25) is 0 Å². The van der Waals surface area contributed by atoms with Crippen LogP contribution in [-0.2, 0) is 13.0 Å². The van der Waals surface area contributed by atoms with Crippen LogP contribution in [0.3, 0.4) is 0 Å². The number of benzene rings is 2. The summed E-state index contributed by atoms with van der Waals surface area (Å²) >= 11 is 0. The summed E-state index contributed by atoms with van der Waals surface area (Å²) in [6.45, 7) is 9.30. The molecule has 0 aliphatic carbocycles. The van der Waals surface area contributed by atoms with E-state index in [1.54, 1.807) is 18.4 Å². The van der Waals surface area contributed by atoms with Gasteiger partial charge in [0.1, 0.15) is 30.6 Å². The molecule has 0 saturated carbocycles. The molecule has 0 atom stereocenters. The number of fused-ring (bicyclic) bond motifs is 2. The lowest BCUT2D eigenvalue weighted by atomic mass is 10.1. The van der Waals surface area contributed by atoms with Gasteiger partial charge in [-0.3, -0.25) is 0 Å². The third kappa shape index (κ3) is 6.54. The Morgan fingerprint density at radius 2 is 1.40 bits per heavy atom. The first-order valence-electron chi connectivity index (χ1n) is 13.3. The molecule has 8 nitrogen and oxygen atoms in total. The summed E-state index contributed by atoms with van der Waals surface area (Å²) in [6.07, 6.45) is 3.78. The fourth-order valence-electron chi connectivity index (χ4n) is 4.21. The summed E-state index contributed by atoms with van der Waals surface area (Å²) in [7, 11) is 0. The quantitative estimate of drug-likeness (QED) is 0.192. The minimum absolute atomic E-state index is 0.177. The smallest absolute Gasteiger partial charge is 0.165 e. The second-order valence-electron chi connectivity index (χ2n) is 10.2. The molecule has 4 heterocycles. The van der Waals surface area contributed by atoms with E-state index < -0.39 is 0 Å². The molecule has 2 aromatic carbocycles. The molecule has 6 rings (SSSR count). The zero-order chi connectivity index (χ0) is 28.1. The highest BCUT2D eigenvalue weighted by atomic mass is 19.1. The molecule has 0 unspecified atom stereocenters. The van der Waals surface area contributed by atoms with Gasteiger partial charge in [0.25, 0.3) is 0 Å². The summed E-state index contributed by atoms with van der Waals surface area (Å²) in [6, 6.07) is 17.0. The van der Waals surface area contributed by atoms with Gasteiger partial charge in [0.2, 0.25) is 0 Å². The van der Waals surface area contributed by atoms with E-state index in [-0.39, 0.29) is 18.2 Å². The lowest BCUT2D eigenvalue weighted by molar-refractivity contribution is 0.276. The Balaban J connectivity index is 0.000000161. The van der Waals surface area contributed by atoms with Crippen LogP contribution in [-0.4, -0.2) is 26.9 Å². The average Bonchev–Trinajstić information content (AvgIpc) is 3.74. The number of nitrogens with zero attached hydrogens (tertiary/aromatic N) is 2. The van der Waals surface area contributed by atoms with Crippen LogP contribution in [0.15, 0.2) is 76.2 Å². The molecule has 0 fully saturated rings. The molecule has 0 saturated heterocycles. The van der Waals surface area contributed by atoms with Crippen molar-refractivity contribution in [1.29, 1.82) is 0 Å². The number of hydrogen-bond donors (Lipinski definition) is 2. The third-order valence-corrected chi connectivity index (χ3v) is 6.54. The molecule has 0 bridgehead atoms. The van der Waals surface area contributed by atoms with Crippen LogP contribution in [0.25, 0.3) is 21.8 Å². The predicted octanol–water partition coefficient (Wildman–Crippen LogP) is 7.90. The standard InChI is InChI=1S/C16H18N2O2.C15H15FN2O2/c1-11(2)15-9-12-3-4-14(10-16(12)17-15)19-7-5-13-6-8-20-18-13;1-9(2)13-6-10-5-12(16)15(7-14(10)17-13)19-8-11-3-4-20-18-11/h3-4,6,8-11,17H,5,7H2,1-2H3;3-7,9,17H,8H2,1-2H3. The van der Waals surface area contributed by atoms with E-state index in [1.807, 2.05) is 24.3 Å². The molecule has 0 aliphatic heterocycles. The largest absolute Gasteiger partial charge is 0.493 e. The van der Waals surface area contributed by atoms with E-state index in [1.165, 1.54) is 23.4 Å². The van der Waals surface area contributed by atoms with E-state index in [0.29, 0.717) is 24.1 Å². The zero-order valence-corrected chi connectivity index (χ0v) is 23.0. The minimum Gasteiger partial charge on any atom is -0.493 e. The molecule has 2 N–H and O–H groups in total. The SMILES string of the molecule is CC(C)c1cc2cc(F)c(OCc3ccon3)cc2[nH]1.CC(C)c1cc2ccc(OCCc3ccon3)cc2[nH]1. The molecule has 6 aromatic rings. The fraction of sp³-hybridized carbons (Fsp3) is 0.290. The molecule has 0 amide bonds. The van der Waals surface area contributed by atoms with Crippen LogP contribution < -0.4 is 9.47 Å². The fourth-order valence-corrected chi connectivity index (χ4v) is 4.21. The Morgan fingerprint density at radius 3 is 2.05 bits per heavy atom. The normalized spacial score (nSPS) is 11.4. The van der Waals surface area contributed by atoms with Crippen molar-refractivity contribution in [1.82, 2.24) is 20.3 Å². The van der Waals surface area contributed by atoms with Gasteiger partial charge in [0, 0.05) is 58.5 Å². The van der Waals surface area contributed by atoms with Crippen molar-refractivity contribution >= 4 is 21.8 Å². The van der Waals surface area contributed by atoms with Gasteiger partial charge in [-0.1, -0.05) is 38.0 Å². The van der Waals surface area contributed by atoms with E-state index >= 15 is 0 Å². The Bertz CT molecular complexity index is 1650. The number of rotatable bonds is 9. The van der Waals surface area contributed by atoms with Gasteiger partial charge >= 0.3 is 0 Å². The summed E-state index contributed by atoms with van der Waals surface area (Å²) in [5.74, 6) is 1.56. The first kappa shape index (κ1) is 27.1. The number of H-pyrrole nitrogens is 2. The van der Waals surface area contributed by atoms with Crippen molar-refractivity contribution in [3.63, 3.8) is 0 Å². The highest BCUT2D eigenvalue weighted by Crippen LogP contribution is 2.28. The number of nitrogens with one attached hydrogen (secondary N) is 2. The van der Waals surface area contributed by atoms with Crippen molar-refractivity contribution in [3.05, 3.63) is 95.7 Å². The molecule has 208 valence electrons. The molecular weight excluding hydrogens is 511 g/mol. The van der Waals surface area contributed by atoms with Crippen molar-refractivity contribution < 1.29 is 22.9 Å². The van der Waals surface area contributed by atoms with Crippen LogP contribution in [0.1, 0.15) is 62.3 Å². The molecule has 4 aromatic heterocycles. The van der Waals surface area contributed by atoms with Crippen molar-refractivity contribution in [2.45, 2.75) is 52.6 Å².